The number of ether oxygens (including phenoxy) is 1. The van der Waals surface area contributed by atoms with Crippen molar-refractivity contribution in [1.82, 2.24) is 4.57 Å². The van der Waals surface area contributed by atoms with Gasteiger partial charge in [-0.25, -0.2) is 4.79 Å². The Labute approximate surface area is 145 Å². The summed E-state index contributed by atoms with van der Waals surface area (Å²) in [4.78, 5) is 36.4. The van der Waals surface area contributed by atoms with E-state index in [0.717, 1.165) is 0 Å². The number of rotatable bonds is 5. The molecule has 0 aliphatic heterocycles. The molecule has 0 aliphatic carbocycles. The molecule has 7 nitrogen and oxygen atoms in total. The van der Waals surface area contributed by atoms with Gasteiger partial charge in [-0.3, -0.25) is 9.59 Å². The topological polar surface area (TPSA) is 103 Å². The van der Waals surface area contributed by atoms with Crippen molar-refractivity contribution in [3.05, 3.63) is 52.3 Å². The zero-order valence-electron chi connectivity index (χ0n) is 14.7. The van der Waals surface area contributed by atoms with E-state index in [-0.39, 0.29) is 12.2 Å². The zero-order valence-corrected chi connectivity index (χ0v) is 14.7. The lowest BCUT2D eigenvalue weighted by Gasteiger charge is -2.09. The quantitative estimate of drug-likeness (QED) is 0.812. The van der Waals surface area contributed by atoms with Crippen LogP contribution >= 0.6 is 0 Å². The summed E-state index contributed by atoms with van der Waals surface area (Å²) in [6, 6.07) is 6.48. The lowest BCUT2D eigenvalue weighted by molar-refractivity contribution is 0.0514. The molecule has 2 aromatic rings. The van der Waals surface area contributed by atoms with Gasteiger partial charge in [-0.15, -0.1) is 0 Å². The molecule has 0 bridgehead atoms. The van der Waals surface area contributed by atoms with Crippen LogP contribution in [0, 0.1) is 13.8 Å². The van der Waals surface area contributed by atoms with E-state index in [0.29, 0.717) is 28.2 Å². The van der Waals surface area contributed by atoms with Crippen LogP contribution in [0.4, 0.5) is 5.69 Å². The Morgan fingerprint density at radius 1 is 1.20 bits per heavy atom. The largest absolute Gasteiger partial charge is 0.461 e. The smallest absolute Gasteiger partial charge is 0.355 e. The van der Waals surface area contributed by atoms with Crippen molar-refractivity contribution in [1.29, 1.82) is 0 Å². The highest BCUT2D eigenvalue weighted by molar-refractivity contribution is 6.11. The average molecular weight is 343 g/mol. The number of nitrogens with one attached hydrogen (secondary N) is 1. The Balaban J connectivity index is 2.43. The van der Waals surface area contributed by atoms with Gasteiger partial charge in [-0.1, -0.05) is 12.1 Å². The van der Waals surface area contributed by atoms with Crippen LogP contribution in [0.15, 0.2) is 24.3 Å². The summed E-state index contributed by atoms with van der Waals surface area (Å²) in [6.45, 7) is 5.40. The highest BCUT2D eigenvalue weighted by atomic mass is 16.5. The van der Waals surface area contributed by atoms with E-state index in [2.05, 4.69) is 5.32 Å². The van der Waals surface area contributed by atoms with Gasteiger partial charge in [0, 0.05) is 12.7 Å². The molecule has 132 valence electrons. The van der Waals surface area contributed by atoms with Gasteiger partial charge in [-0.05, 0) is 38.5 Å². The van der Waals surface area contributed by atoms with Crippen LogP contribution in [-0.4, -0.2) is 29.0 Å². The predicted octanol–water partition coefficient (Wildman–Crippen LogP) is 2.17. The number of esters is 1. The average Bonchev–Trinajstić information content (AvgIpc) is 2.77. The molecule has 0 saturated heterocycles. The van der Waals surface area contributed by atoms with Crippen LogP contribution in [0.3, 0.4) is 0 Å². The second kappa shape index (κ2) is 7.21. The van der Waals surface area contributed by atoms with E-state index in [1.807, 2.05) is 0 Å². The van der Waals surface area contributed by atoms with E-state index in [4.69, 9.17) is 10.5 Å². The van der Waals surface area contributed by atoms with Gasteiger partial charge in [0.1, 0.15) is 5.69 Å². The van der Waals surface area contributed by atoms with E-state index < -0.39 is 17.8 Å². The number of nitrogens with zero attached hydrogens (tertiary/aromatic N) is 1. The van der Waals surface area contributed by atoms with Crippen molar-refractivity contribution in [2.75, 3.05) is 11.9 Å². The number of anilines is 1. The molecule has 0 unspecified atom stereocenters. The van der Waals surface area contributed by atoms with E-state index in [1.54, 1.807) is 50.6 Å². The molecule has 0 radical (unpaired) electrons. The molecule has 0 fully saturated rings. The third kappa shape index (κ3) is 3.40. The van der Waals surface area contributed by atoms with E-state index in [9.17, 15) is 14.4 Å². The highest BCUT2D eigenvalue weighted by Gasteiger charge is 2.26. The molecule has 1 aromatic heterocycles. The SMILES string of the molecule is CCOC(=O)c1c(C)c(C(=O)Nc2ccccc2C(N)=O)c(C)n1C. The van der Waals surface area contributed by atoms with Crippen LogP contribution in [0.2, 0.25) is 0 Å². The second-order valence-corrected chi connectivity index (χ2v) is 5.58. The van der Waals surface area contributed by atoms with Crippen molar-refractivity contribution in [3.8, 4) is 0 Å². The van der Waals surface area contributed by atoms with Gasteiger partial charge in [0.05, 0.1) is 23.4 Å². The third-order valence-electron chi connectivity index (χ3n) is 4.07. The van der Waals surface area contributed by atoms with Gasteiger partial charge < -0.3 is 20.4 Å². The molecule has 2 amide bonds. The maximum atomic E-state index is 12.7. The van der Waals surface area contributed by atoms with Crippen molar-refractivity contribution < 1.29 is 19.1 Å². The fourth-order valence-corrected chi connectivity index (χ4v) is 2.79. The van der Waals surface area contributed by atoms with Gasteiger partial charge >= 0.3 is 5.97 Å². The Morgan fingerprint density at radius 3 is 2.44 bits per heavy atom. The second-order valence-electron chi connectivity index (χ2n) is 5.58. The summed E-state index contributed by atoms with van der Waals surface area (Å²) in [6.07, 6.45) is 0. The molecule has 0 spiro atoms. The van der Waals surface area contributed by atoms with Crippen molar-refractivity contribution in [2.24, 2.45) is 12.8 Å². The van der Waals surface area contributed by atoms with E-state index >= 15 is 0 Å². The number of carbonyl (C=O) groups excluding carboxylic acids is 3. The number of hydrogen-bond donors (Lipinski definition) is 2. The number of nitrogens with two attached hydrogens (primary N) is 1. The number of carbonyl (C=O) groups is 3. The molecular weight excluding hydrogens is 322 g/mol. The van der Waals surface area contributed by atoms with Gasteiger partial charge in [0.25, 0.3) is 11.8 Å². The van der Waals surface area contributed by atoms with Gasteiger partial charge in [0.2, 0.25) is 0 Å². The Bertz CT molecular complexity index is 852. The summed E-state index contributed by atoms with van der Waals surface area (Å²) in [7, 11) is 1.70. The first-order chi connectivity index (χ1) is 11.8. The molecule has 1 aromatic carbocycles. The summed E-state index contributed by atoms with van der Waals surface area (Å²) in [5.41, 5.74) is 7.70. The summed E-state index contributed by atoms with van der Waals surface area (Å²) in [5, 5.41) is 2.70. The van der Waals surface area contributed by atoms with Gasteiger partial charge in [0.15, 0.2) is 0 Å². The molecular formula is C18H21N3O4. The number of amides is 2. The molecule has 3 N–H and O–H groups in total. The van der Waals surface area contributed by atoms with Crippen molar-refractivity contribution in [2.45, 2.75) is 20.8 Å². The number of benzene rings is 1. The summed E-state index contributed by atoms with van der Waals surface area (Å²) < 4.78 is 6.68. The number of primary amides is 1. The minimum Gasteiger partial charge on any atom is -0.461 e. The van der Waals surface area contributed by atoms with Crippen molar-refractivity contribution in [3.63, 3.8) is 0 Å². The number of hydrogen-bond acceptors (Lipinski definition) is 4. The molecule has 2 rings (SSSR count). The lowest BCUT2D eigenvalue weighted by atomic mass is 10.1. The van der Waals surface area contributed by atoms with Crippen LogP contribution in [-0.2, 0) is 11.8 Å². The molecule has 7 heteroatoms. The van der Waals surface area contributed by atoms with Crippen molar-refractivity contribution >= 4 is 23.5 Å². The zero-order chi connectivity index (χ0) is 18.7. The lowest BCUT2D eigenvalue weighted by Crippen LogP contribution is -2.19. The maximum absolute atomic E-state index is 12.7. The van der Waals surface area contributed by atoms with Crippen LogP contribution in [0.1, 0.15) is 49.4 Å². The fourth-order valence-electron chi connectivity index (χ4n) is 2.79. The standard InChI is InChI=1S/C18H21N3O4/c1-5-25-18(24)15-10(2)14(11(3)21(15)4)17(23)20-13-9-7-6-8-12(13)16(19)22/h6-9H,5H2,1-4H3,(H2,19,22)(H,20,23). The summed E-state index contributed by atoms with van der Waals surface area (Å²) >= 11 is 0. The first kappa shape index (κ1) is 18.3. The monoisotopic (exact) mass is 343 g/mol. The number of para-hydroxylation sites is 1. The first-order valence-corrected chi connectivity index (χ1v) is 7.82. The molecule has 0 saturated carbocycles. The Hall–Kier alpha value is -3.09. The Kier molecular flexibility index (Phi) is 5.26. The van der Waals surface area contributed by atoms with Crippen LogP contribution in [0.25, 0.3) is 0 Å². The normalized spacial score (nSPS) is 10.4. The third-order valence-corrected chi connectivity index (χ3v) is 4.07. The minimum atomic E-state index is -0.635. The predicted molar refractivity (Wildman–Crippen MR) is 93.8 cm³/mol. The summed E-state index contributed by atoms with van der Waals surface area (Å²) in [5.74, 6) is -1.54. The molecule has 0 atom stereocenters. The first-order valence-electron chi connectivity index (χ1n) is 7.82. The number of aromatic nitrogens is 1. The minimum absolute atomic E-state index is 0.215. The van der Waals surface area contributed by atoms with Crippen LogP contribution in [0.5, 0.6) is 0 Å². The molecule has 25 heavy (non-hydrogen) atoms. The fraction of sp³-hybridized carbons (Fsp3) is 0.278. The van der Waals surface area contributed by atoms with Gasteiger partial charge in [-0.2, -0.15) is 0 Å². The molecule has 0 aliphatic rings. The highest BCUT2D eigenvalue weighted by Crippen LogP contribution is 2.24. The van der Waals surface area contributed by atoms with Crippen LogP contribution < -0.4 is 11.1 Å². The molecule has 1 heterocycles. The maximum Gasteiger partial charge on any atom is 0.355 e. The van der Waals surface area contributed by atoms with E-state index in [1.165, 1.54) is 6.07 Å². The Morgan fingerprint density at radius 2 is 1.84 bits per heavy atom.